The maximum atomic E-state index is 10.5. The van der Waals surface area contributed by atoms with Crippen LogP contribution in [0.15, 0.2) is 72.8 Å². The Balaban J connectivity index is 2.21. The molecule has 0 saturated heterocycles. The van der Waals surface area contributed by atoms with Gasteiger partial charge in [0, 0.05) is 19.1 Å². The molecule has 0 bridgehead atoms. The van der Waals surface area contributed by atoms with Crippen LogP contribution in [0.1, 0.15) is 21.8 Å². The van der Waals surface area contributed by atoms with E-state index in [2.05, 4.69) is 0 Å². The predicted molar refractivity (Wildman–Crippen MR) is 121 cm³/mol. The molecule has 0 saturated carbocycles. The van der Waals surface area contributed by atoms with Gasteiger partial charge in [0.25, 0.3) is 0 Å². The average Bonchev–Trinajstić information content (AvgIpc) is 2.83. The average molecular weight is 430 g/mol. The van der Waals surface area contributed by atoms with Crippen molar-refractivity contribution in [3.63, 3.8) is 0 Å². The molecule has 0 radical (unpaired) electrons. The summed E-state index contributed by atoms with van der Waals surface area (Å²) in [6.45, 7) is 0. The lowest BCUT2D eigenvalue weighted by Crippen LogP contribution is -2.21. The van der Waals surface area contributed by atoms with Crippen LogP contribution in [-0.4, -0.2) is 39.2 Å². The fraction of sp³-hybridized carbons (Fsp3) is 0.250. The van der Waals surface area contributed by atoms with Crippen LogP contribution in [0.2, 0.25) is 0 Å². The highest BCUT2D eigenvalue weighted by Gasteiger charge is 2.30. The molecule has 2 unspecified atom stereocenters. The molecule has 158 valence electrons. The number of methoxy groups -OCH3 is 3. The van der Waals surface area contributed by atoms with Crippen LogP contribution in [-0.2, 0) is 4.74 Å². The van der Waals surface area contributed by atoms with E-state index >= 15 is 0 Å². The highest BCUT2D eigenvalue weighted by molar-refractivity contribution is 7.73. The first-order valence-electron chi connectivity index (χ1n) is 11.3. The molecular weight excluding hydrogens is 399 g/mol. The van der Waals surface area contributed by atoms with E-state index in [0.717, 1.165) is 16.2 Å². The zero-order valence-electron chi connectivity index (χ0n) is 20.8. The zero-order valence-corrected chi connectivity index (χ0v) is 17.7. The Kier molecular flexibility index (Phi) is 5.96. The Morgan fingerprint density at radius 1 is 0.933 bits per heavy atom. The number of ether oxygens (including phenoxy) is 3. The van der Waals surface area contributed by atoms with Gasteiger partial charge >= 0.3 is 0 Å². The van der Waals surface area contributed by atoms with Crippen molar-refractivity contribution in [3.05, 3.63) is 78.4 Å². The molecule has 2 N–H and O–H groups in total. The third-order valence-electron chi connectivity index (χ3n) is 4.81. The lowest BCUT2D eigenvalue weighted by atomic mass is 10.1. The van der Waals surface area contributed by atoms with Gasteiger partial charge in [0.15, 0.2) is 17.8 Å². The zero-order chi connectivity index (χ0) is 24.7. The third-order valence-corrected chi connectivity index (χ3v) is 7.66. The number of hydrogen-bond donors (Lipinski definition) is 2. The normalized spacial score (nSPS) is 15.4. The molecule has 5 nitrogen and oxygen atoms in total. The minimum Gasteiger partial charge on any atom is -0.502 e. The first-order valence-corrected chi connectivity index (χ1v) is 10.8. The molecule has 0 aliphatic rings. The van der Waals surface area contributed by atoms with Crippen molar-refractivity contribution in [1.82, 2.24) is 0 Å². The SMILES string of the molecule is [2H]OC(CC(c1cc(OC)c(O)c(OC)c1)P(c1ccccc1)c1ccccc1)OC([2H])([2H])[2H]. The van der Waals surface area contributed by atoms with Crippen LogP contribution in [0, 0.1) is 0 Å². The smallest absolute Gasteiger partial charge is 0.213 e. The van der Waals surface area contributed by atoms with E-state index in [-0.39, 0.29) is 29.3 Å². The summed E-state index contributed by atoms with van der Waals surface area (Å²) in [7, 11) is -0.983. The number of aliphatic hydroxyl groups is 1. The molecule has 3 rings (SSSR count). The summed E-state index contributed by atoms with van der Waals surface area (Å²) in [4.78, 5) is 0. The molecule has 0 fully saturated rings. The van der Waals surface area contributed by atoms with Crippen molar-refractivity contribution in [2.45, 2.75) is 18.4 Å². The summed E-state index contributed by atoms with van der Waals surface area (Å²) >= 11 is 0. The minimum atomic E-state index is -2.73. The summed E-state index contributed by atoms with van der Waals surface area (Å²) < 4.78 is 45.8. The van der Waals surface area contributed by atoms with Gasteiger partial charge < -0.3 is 24.4 Å². The van der Waals surface area contributed by atoms with Gasteiger partial charge in [-0.25, -0.2) is 0 Å². The van der Waals surface area contributed by atoms with E-state index in [1.807, 2.05) is 60.7 Å². The highest BCUT2D eigenvalue weighted by Crippen LogP contribution is 2.54. The third kappa shape index (κ3) is 4.93. The minimum absolute atomic E-state index is 0.0640. The fourth-order valence-electron chi connectivity index (χ4n) is 3.41. The fourth-order valence-corrected chi connectivity index (χ4v) is 6.25. The molecule has 0 heterocycles. The summed E-state index contributed by atoms with van der Waals surface area (Å²) in [6.07, 6.45) is -1.25. The summed E-state index contributed by atoms with van der Waals surface area (Å²) in [5.41, 5.74) is 0.349. The molecular formula is C24H27O5P. The topological polar surface area (TPSA) is 68.2 Å². The molecule has 0 aliphatic heterocycles. The number of rotatable bonds is 10. The molecule has 3 aromatic carbocycles. The van der Waals surface area contributed by atoms with Crippen LogP contribution in [0.25, 0.3) is 0 Å². The molecule has 30 heavy (non-hydrogen) atoms. The van der Waals surface area contributed by atoms with Crippen LogP contribution in [0.5, 0.6) is 17.2 Å². The summed E-state index contributed by atoms with van der Waals surface area (Å²) in [6, 6.07) is 23.1. The van der Waals surface area contributed by atoms with Crippen molar-refractivity contribution in [2.24, 2.45) is 0 Å². The number of aliphatic hydroxyl groups excluding tert-OH is 1. The van der Waals surface area contributed by atoms with Crippen LogP contribution < -0.4 is 20.1 Å². The quantitative estimate of drug-likeness (QED) is 0.377. The molecule has 0 aliphatic carbocycles. The predicted octanol–water partition coefficient (Wildman–Crippen LogP) is 3.94. The lowest BCUT2D eigenvalue weighted by Gasteiger charge is -2.31. The molecule has 2 atom stereocenters. The second-order valence-electron chi connectivity index (χ2n) is 6.61. The number of benzene rings is 3. The van der Waals surface area contributed by atoms with Crippen LogP contribution in [0.4, 0.5) is 0 Å². The number of aromatic hydroxyl groups is 1. The van der Waals surface area contributed by atoms with Gasteiger partial charge in [-0.3, -0.25) is 0 Å². The largest absolute Gasteiger partial charge is 0.502 e. The van der Waals surface area contributed by atoms with E-state index in [1.54, 1.807) is 12.1 Å². The van der Waals surface area contributed by atoms with Gasteiger partial charge in [-0.1, -0.05) is 60.7 Å². The Hall–Kier alpha value is -2.59. The summed E-state index contributed by atoms with van der Waals surface area (Å²) in [5.74, 6) is 0.300. The van der Waals surface area contributed by atoms with E-state index in [9.17, 15) is 5.11 Å². The van der Waals surface area contributed by atoms with E-state index < -0.39 is 21.2 Å². The maximum Gasteiger partial charge on any atom is 0.213 e. The maximum absolute atomic E-state index is 10.5. The summed E-state index contributed by atoms with van der Waals surface area (Å²) in [5, 5.41) is 17.2. The standard InChI is InChI=1S/C24H27O5P/c1-27-20-14-17(15-21(28-2)24(20)26)22(16-23(25)29-3)30(18-10-6-4-7-11-18)19-12-8-5-9-13-19/h4-15,22-23,25-26H,16H2,1-3H3/i3D3,25D. The first kappa shape index (κ1) is 17.1. The van der Waals surface area contributed by atoms with E-state index in [0.29, 0.717) is 0 Å². The lowest BCUT2D eigenvalue weighted by molar-refractivity contribution is -0.0783. The molecule has 0 aromatic heterocycles. The first-order chi connectivity index (χ1) is 16.3. The van der Waals surface area contributed by atoms with E-state index in [4.69, 9.17) is 24.9 Å². The number of phenols is 1. The van der Waals surface area contributed by atoms with Gasteiger partial charge in [-0.05, 0) is 36.2 Å². The monoisotopic (exact) mass is 430 g/mol. The van der Waals surface area contributed by atoms with Crippen molar-refractivity contribution >= 4 is 18.5 Å². The second kappa shape index (κ2) is 10.4. The second-order valence-corrected chi connectivity index (χ2v) is 9.01. The Morgan fingerprint density at radius 3 is 1.90 bits per heavy atom. The van der Waals surface area contributed by atoms with Crippen LogP contribution in [0.3, 0.4) is 0 Å². The number of phenolic OH excluding ortho intramolecular Hbond substituents is 1. The van der Waals surface area contributed by atoms with Crippen molar-refractivity contribution in [3.8, 4) is 17.2 Å². The van der Waals surface area contributed by atoms with Gasteiger partial charge in [0.05, 0.1) is 18.3 Å². The van der Waals surface area contributed by atoms with E-state index in [1.165, 1.54) is 14.2 Å². The van der Waals surface area contributed by atoms with Gasteiger partial charge in [0.1, 0.15) is 0 Å². The van der Waals surface area contributed by atoms with Crippen molar-refractivity contribution < 1.29 is 28.5 Å². The van der Waals surface area contributed by atoms with Crippen LogP contribution >= 0.6 is 7.92 Å². The van der Waals surface area contributed by atoms with Gasteiger partial charge in [-0.2, -0.15) is 0 Å². The molecule has 0 spiro atoms. The van der Waals surface area contributed by atoms with Crippen molar-refractivity contribution in [2.75, 3.05) is 21.3 Å². The molecule has 0 amide bonds. The number of hydrogen-bond acceptors (Lipinski definition) is 5. The van der Waals surface area contributed by atoms with Crippen molar-refractivity contribution in [1.29, 1.82) is 1.43 Å². The molecule has 3 aromatic rings. The highest BCUT2D eigenvalue weighted by atomic mass is 31.1. The Labute approximate surface area is 184 Å². The Bertz CT molecular complexity index is 986. The Morgan fingerprint density at radius 2 is 1.47 bits per heavy atom. The molecule has 6 heteroatoms. The van der Waals surface area contributed by atoms with Gasteiger partial charge in [-0.15, -0.1) is 0 Å². The van der Waals surface area contributed by atoms with Gasteiger partial charge in [0.2, 0.25) is 7.18 Å².